The minimum atomic E-state index is -0.235. The highest BCUT2D eigenvalue weighted by Gasteiger charge is 2.30. The molecule has 0 radical (unpaired) electrons. The molecule has 0 spiro atoms. The SMILES string of the molecule is CCCN(CCC)CCCC1CCN(CCNC(=O)N2c3ccccc3C(=O)Cc3cccnc32)CC1. The van der Waals surface area contributed by atoms with E-state index in [1.54, 1.807) is 17.2 Å². The summed E-state index contributed by atoms with van der Waals surface area (Å²) in [4.78, 5) is 37.4. The molecule has 2 amide bonds. The number of urea groups is 1. The summed E-state index contributed by atoms with van der Waals surface area (Å²) >= 11 is 0. The van der Waals surface area contributed by atoms with Crippen molar-refractivity contribution in [3.05, 3.63) is 53.7 Å². The Bertz CT molecular complexity index is 1030. The van der Waals surface area contributed by atoms with E-state index in [4.69, 9.17) is 0 Å². The Labute approximate surface area is 222 Å². The fourth-order valence-corrected chi connectivity index (χ4v) is 5.73. The smallest absolute Gasteiger partial charge is 0.327 e. The average Bonchev–Trinajstić information content (AvgIpc) is 3.03. The Morgan fingerprint density at radius 3 is 2.57 bits per heavy atom. The third-order valence-corrected chi connectivity index (χ3v) is 7.66. The van der Waals surface area contributed by atoms with Crippen molar-refractivity contribution in [3.8, 4) is 0 Å². The van der Waals surface area contributed by atoms with Gasteiger partial charge in [-0.25, -0.2) is 14.7 Å². The first-order valence-electron chi connectivity index (χ1n) is 14.2. The lowest BCUT2D eigenvalue weighted by molar-refractivity contribution is 0.0994. The Morgan fingerprint density at radius 1 is 1.05 bits per heavy atom. The largest absolute Gasteiger partial charge is 0.336 e. The van der Waals surface area contributed by atoms with Gasteiger partial charge in [0.2, 0.25) is 0 Å². The van der Waals surface area contributed by atoms with Crippen molar-refractivity contribution in [2.75, 3.05) is 50.7 Å². The number of ketones is 1. The van der Waals surface area contributed by atoms with E-state index in [0.29, 0.717) is 23.6 Å². The van der Waals surface area contributed by atoms with Crippen molar-refractivity contribution in [1.82, 2.24) is 20.1 Å². The number of carbonyl (C=O) groups excluding carboxylic acids is 2. The number of para-hydroxylation sites is 1. The van der Waals surface area contributed by atoms with E-state index in [2.05, 4.69) is 33.9 Å². The molecule has 1 aromatic carbocycles. The molecule has 0 saturated carbocycles. The fourth-order valence-electron chi connectivity index (χ4n) is 5.73. The third-order valence-electron chi connectivity index (χ3n) is 7.66. The summed E-state index contributed by atoms with van der Waals surface area (Å²) in [5.74, 6) is 1.37. The van der Waals surface area contributed by atoms with Crippen LogP contribution in [0.15, 0.2) is 42.6 Å². The zero-order valence-electron chi connectivity index (χ0n) is 22.6. The summed E-state index contributed by atoms with van der Waals surface area (Å²) in [7, 11) is 0. The summed E-state index contributed by atoms with van der Waals surface area (Å²) in [6.45, 7) is 11.8. The number of amides is 2. The maximum atomic E-state index is 13.4. The van der Waals surface area contributed by atoms with Gasteiger partial charge in [-0.1, -0.05) is 32.0 Å². The van der Waals surface area contributed by atoms with Gasteiger partial charge >= 0.3 is 6.03 Å². The first-order chi connectivity index (χ1) is 18.1. The van der Waals surface area contributed by atoms with Gasteiger partial charge in [0, 0.05) is 36.8 Å². The molecular weight excluding hydrogens is 462 g/mol. The van der Waals surface area contributed by atoms with Gasteiger partial charge in [0.15, 0.2) is 5.78 Å². The number of fused-ring (bicyclic) bond motifs is 2. The van der Waals surface area contributed by atoms with Crippen LogP contribution in [-0.2, 0) is 6.42 Å². The number of hydrogen-bond donors (Lipinski definition) is 1. The topological polar surface area (TPSA) is 68.8 Å². The molecule has 2 aromatic rings. The number of aromatic nitrogens is 1. The number of anilines is 2. The lowest BCUT2D eigenvalue weighted by atomic mass is 9.92. The number of likely N-dealkylation sites (tertiary alicyclic amines) is 1. The maximum absolute atomic E-state index is 13.4. The number of Topliss-reactive ketones (excluding diaryl/α,β-unsaturated/α-hetero) is 1. The Kier molecular flexibility index (Phi) is 10.1. The fraction of sp³-hybridized carbons (Fsp3) is 0.567. The number of hydrogen-bond acceptors (Lipinski definition) is 5. The summed E-state index contributed by atoms with van der Waals surface area (Å²) in [6.07, 6.45) is 9.51. The molecule has 1 saturated heterocycles. The monoisotopic (exact) mass is 505 g/mol. The van der Waals surface area contributed by atoms with Crippen molar-refractivity contribution in [2.45, 2.75) is 58.8 Å². The molecule has 1 aromatic heterocycles. The predicted molar refractivity (Wildman–Crippen MR) is 150 cm³/mol. The van der Waals surface area contributed by atoms with Gasteiger partial charge < -0.3 is 15.1 Å². The maximum Gasteiger partial charge on any atom is 0.327 e. The highest BCUT2D eigenvalue weighted by Crippen LogP contribution is 2.34. The second kappa shape index (κ2) is 13.7. The van der Waals surface area contributed by atoms with Crippen LogP contribution in [0, 0.1) is 5.92 Å². The van der Waals surface area contributed by atoms with Crippen LogP contribution in [-0.4, -0.2) is 72.4 Å². The molecule has 2 aliphatic rings. The van der Waals surface area contributed by atoms with Crippen LogP contribution >= 0.6 is 0 Å². The van der Waals surface area contributed by atoms with E-state index in [1.807, 2.05) is 30.3 Å². The van der Waals surface area contributed by atoms with Crippen molar-refractivity contribution < 1.29 is 9.59 Å². The predicted octanol–water partition coefficient (Wildman–Crippen LogP) is 5.28. The van der Waals surface area contributed by atoms with E-state index in [0.717, 1.165) is 31.1 Å². The van der Waals surface area contributed by atoms with Crippen molar-refractivity contribution in [2.24, 2.45) is 5.92 Å². The minimum absolute atomic E-state index is 0.00598. The molecule has 7 nitrogen and oxygen atoms in total. The summed E-state index contributed by atoms with van der Waals surface area (Å²) in [5, 5.41) is 3.09. The zero-order chi connectivity index (χ0) is 26.0. The van der Waals surface area contributed by atoms with Crippen molar-refractivity contribution >= 4 is 23.3 Å². The highest BCUT2D eigenvalue weighted by atomic mass is 16.2. The molecule has 0 bridgehead atoms. The van der Waals surface area contributed by atoms with Gasteiger partial charge in [-0.05, 0) is 95.4 Å². The third kappa shape index (κ3) is 7.17. The second-order valence-corrected chi connectivity index (χ2v) is 10.4. The molecule has 2 aliphatic heterocycles. The van der Waals surface area contributed by atoms with E-state index in [-0.39, 0.29) is 18.2 Å². The minimum Gasteiger partial charge on any atom is -0.336 e. The number of nitrogens with one attached hydrogen (secondary N) is 1. The van der Waals surface area contributed by atoms with Crippen LogP contribution in [0.3, 0.4) is 0 Å². The molecule has 1 fully saturated rings. The average molecular weight is 506 g/mol. The van der Waals surface area contributed by atoms with E-state index in [1.165, 1.54) is 58.2 Å². The first kappa shape index (κ1) is 27.3. The number of benzene rings is 1. The van der Waals surface area contributed by atoms with Crippen molar-refractivity contribution in [1.29, 1.82) is 0 Å². The van der Waals surface area contributed by atoms with Crippen LogP contribution in [0.5, 0.6) is 0 Å². The molecule has 200 valence electrons. The molecular formula is C30H43N5O2. The normalized spacial score (nSPS) is 16.4. The van der Waals surface area contributed by atoms with Gasteiger partial charge in [0.25, 0.3) is 0 Å². The summed E-state index contributed by atoms with van der Waals surface area (Å²) < 4.78 is 0. The number of piperidine rings is 1. The standard InChI is InChI=1S/C30H43N5O2/c1-3-17-33(18-4-2)19-8-9-24-13-20-34(21-14-24)22-16-32-30(37)35-27-12-6-5-11-26(27)28(36)23-25-10-7-15-31-29(25)35/h5-7,10-12,15,24H,3-4,8-9,13-14,16-23H2,1-2H3,(H,32,37). The van der Waals surface area contributed by atoms with Gasteiger partial charge in [-0.15, -0.1) is 0 Å². The van der Waals surface area contributed by atoms with Crippen LogP contribution in [0.4, 0.5) is 16.3 Å². The zero-order valence-corrected chi connectivity index (χ0v) is 22.6. The van der Waals surface area contributed by atoms with Crippen LogP contribution < -0.4 is 10.2 Å². The van der Waals surface area contributed by atoms with E-state index >= 15 is 0 Å². The lowest BCUT2D eigenvalue weighted by Gasteiger charge is -2.32. The lowest BCUT2D eigenvalue weighted by Crippen LogP contribution is -2.43. The second-order valence-electron chi connectivity index (χ2n) is 10.4. The van der Waals surface area contributed by atoms with Gasteiger partial charge in [0.1, 0.15) is 5.82 Å². The summed E-state index contributed by atoms with van der Waals surface area (Å²) in [5.41, 5.74) is 1.93. The van der Waals surface area contributed by atoms with Gasteiger partial charge in [-0.2, -0.15) is 0 Å². The Balaban J connectivity index is 1.25. The number of pyridine rings is 1. The van der Waals surface area contributed by atoms with Gasteiger partial charge in [-0.3, -0.25) is 4.79 Å². The molecule has 3 heterocycles. The first-order valence-corrected chi connectivity index (χ1v) is 14.2. The number of nitrogens with zero attached hydrogens (tertiary/aromatic N) is 4. The van der Waals surface area contributed by atoms with Crippen LogP contribution in [0.25, 0.3) is 0 Å². The van der Waals surface area contributed by atoms with Crippen LogP contribution in [0.2, 0.25) is 0 Å². The molecule has 4 rings (SSSR count). The Morgan fingerprint density at radius 2 is 1.81 bits per heavy atom. The van der Waals surface area contributed by atoms with Crippen LogP contribution in [0.1, 0.15) is 68.3 Å². The number of rotatable bonds is 11. The number of carbonyl (C=O) groups is 2. The molecule has 0 aliphatic carbocycles. The quantitative estimate of drug-likeness (QED) is 0.450. The molecule has 0 unspecified atom stereocenters. The highest BCUT2D eigenvalue weighted by molar-refractivity contribution is 6.11. The van der Waals surface area contributed by atoms with Gasteiger partial charge in [0.05, 0.1) is 5.69 Å². The van der Waals surface area contributed by atoms with E-state index < -0.39 is 0 Å². The van der Waals surface area contributed by atoms with Crippen molar-refractivity contribution in [3.63, 3.8) is 0 Å². The van der Waals surface area contributed by atoms with E-state index in [9.17, 15) is 9.59 Å². The molecule has 37 heavy (non-hydrogen) atoms. The molecule has 7 heteroatoms. The summed E-state index contributed by atoms with van der Waals surface area (Å²) in [6, 6.07) is 10.8. The molecule has 1 N–H and O–H groups in total. The molecule has 0 atom stereocenters. The Hall–Kier alpha value is -2.77.